The summed E-state index contributed by atoms with van der Waals surface area (Å²) in [5.74, 6) is 0.677. The van der Waals surface area contributed by atoms with Crippen LogP contribution in [0.4, 0.5) is 0 Å². The van der Waals surface area contributed by atoms with E-state index in [-0.39, 0.29) is 5.54 Å². The number of aliphatic hydroxyl groups excluding tert-OH is 1. The average molecular weight is 245 g/mol. The van der Waals surface area contributed by atoms with Crippen LogP contribution >= 0.6 is 0 Å². The van der Waals surface area contributed by atoms with Crippen molar-refractivity contribution in [3.05, 3.63) is 35.9 Å². The van der Waals surface area contributed by atoms with Gasteiger partial charge in [-0.25, -0.2) is 0 Å². The van der Waals surface area contributed by atoms with Gasteiger partial charge in [-0.15, -0.1) is 0 Å². The first-order valence-corrected chi connectivity index (χ1v) is 7.25. The molecule has 2 nitrogen and oxygen atoms in total. The number of aliphatic hydroxyl groups is 1. The summed E-state index contributed by atoms with van der Waals surface area (Å²) in [5.41, 5.74) is 1.57. The Hall–Kier alpha value is -0.860. The summed E-state index contributed by atoms with van der Waals surface area (Å²) >= 11 is 0. The van der Waals surface area contributed by atoms with E-state index in [9.17, 15) is 5.11 Å². The second-order valence-corrected chi connectivity index (χ2v) is 5.96. The Bertz CT molecular complexity index is 377. The number of benzene rings is 1. The summed E-state index contributed by atoms with van der Waals surface area (Å²) in [5, 5.41) is 9.79. The molecule has 2 aliphatic rings. The van der Waals surface area contributed by atoms with Gasteiger partial charge in [0.15, 0.2) is 0 Å². The summed E-state index contributed by atoms with van der Waals surface area (Å²) in [6, 6.07) is 10.8. The maximum Gasteiger partial charge on any atom is 0.0615 e. The van der Waals surface area contributed by atoms with Crippen LogP contribution in [0.2, 0.25) is 0 Å². The van der Waals surface area contributed by atoms with E-state index in [2.05, 4.69) is 35.2 Å². The van der Waals surface area contributed by atoms with Crippen molar-refractivity contribution >= 4 is 0 Å². The predicted octanol–water partition coefficient (Wildman–Crippen LogP) is 2.78. The third-order valence-electron chi connectivity index (χ3n) is 4.90. The van der Waals surface area contributed by atoms with Crippen molar-refractivity contribution in [1.82, 2.24) is 4.90 Å². The highest BCUT2D eigenvalue weighted by atomic mass is 16.3. The molecule has 1 aromatic carbocycles. The van der Waals surface area contributed by atoms with E-state index in [0.29, 0.717) is 12.5 Å². The van der Waals surface area contributed by atoms with Crippen LogP contribution in [0, 0.1) is 0 Å². The number of nitrogens with zero attached hydrogens (tertiary/aromatic N) is 1. The second kappa shape index (κ2) is 5.02. The standard InChI is InChI=1S/C16H23NO/c18-13-16(9-5-2-6-10-16)17-11-15(12-17)14-7-3-1-4-8-14/h1,3-4,7-8,15,18H,2,5-6,9-13H2. The lowest BCUT2D eigenvalue weighted by molar-refractivity contribution is -0.0476. The lowest BCUT2D eigenvalue weighted by Crippen LogP contribution is -2.61. The molecular formula is C16H23NO. The summed E-state index contributed by atoms with van der Waals surface area (Å²) in [6.45, 7) is 2.60. The third-order valence-corrected chi connectivity index (χ3v) is 4.90. The molecule has 18 heavy (non-hydrogen) atoms. The van der Waals surface area contributed by atoms with E-state index in [1.165, 1.54) is 37.7 Å². The largest absolute Gasteiger partial charge is 0.394 e. The molecule has 0 atom stereocenters. The Morgan fingerprint density at radius 1 is 1.06 bits per heavy atom. The molecule has 3 rings (SSSR count). The zero-order chi connectivity index (χ0) is 12.4. The Kier molecular flexibility index (Phi) is 3.40. The molecule has 1 aliphatic heterocycles. The van der Waals surface area contributed by atoms with Gasteiger partial charge >= 0.3 is 0 Å². The lowest BCUT2D eigenvalue weighted by atomic mass is 9.76. The van der Waals surface area contributed by atoms with Crippen LogP contribution in [0.25, 0.3) is 0 Å². The van der Waals surface area contributed by atoms with Gasteiger partial charge in [-0.1, -0.05) is 49.6 Å². The molecule has 0 amide bonds. The van der Waals surface area contributed by atoms with Crippen LogP contribution in [0.5, 0.6) is 0 Å². The Morgan fingerprint density at radius 2 is 1.72 bits per heavy atom. The fourth-order valence-corrected chi connectivity index (χ4v) is 3.59. The van der Waals surface area contributed by atoms with Gasteiger partial charge in [-0.3, -0.25) is 4.90 Å². The quantitative estimate of drug-likeness (QED) is 0.885. The van der Waals surface area contributed by atoms with Gasteiger partial charge in [0.25, 0.3) is 0 Å². The maximum absolute atomic E-state index is 9.79. The van der Waals surface area contributed by atoms with E-state index >= 15 is 0 Å². The Morgan fingerprint density at radius 3 is 2.33 bits per heavy atom. The molecule has 1 aromatic rings. The van der Waals surface area contributed by atoms with Crippen LogP contribution in [0.15, 0.2) is 30.3 Å². The van der Waals surface area contributed by atoms with Crippen molar-refractivity contribution in [3.63, 3.8) is 0 Å². The van der Waals surface area contributed by atoms with Gasteiger partial charge in [0, 0.05) is 24.5 Å². The van der Waals surface area contributed by atoms with Gasteiger partial charge < -0.3 is 5.11 Å². The van der Waals surface area contributed by atoms with Crippen LogP contribution in [-0.4, -0.2) is 35.2 Å². The van der Waals surface area contributed by atoms with Crippen LogP contribution in [-0.2, 0) is 0 Å². The number of hydrogen-bond donors (Lipinski definition) is 1. The van der Waals surface area contributed by atoms with Crippen molar-refractivity contribution in [3.8, 4) is 0 Å². The summed E-state index contributed by atoms with van der Waals surface area (Å²) in [4.78, 5) is 2.53. The predicted molar refractivity (Wildman–Crippen MR) is 73.7 cm³/mol. The van der Waals surface area contributed by atoms with Crippen molar-refractivity contribution in [1.29, 1.82) is 0 Å². The SMILES string of the molecule is OCC1(N2CC(c3ccccc3)C2)CCCCC1. The highest BCUT2D eigenvalue weighted by molar-refractivity contribution is 5.23. The Labute approximate surface area is 110 Å². The highest BCUT2D eigenvalue weighted by Crippen LogP contribution is 2.40. The number of likely N-dealkylation sites (tertiary alicyclic amines) is 1. The molecule has 1 saturated heterocycles. The van der Waals surface area contributed by atoms with E-state index in [4.69, 9.17) is 0 Å². The minimum atomic E-state index is 0.115. The first-order valence-electron chi connectivity index (χ1n) is 7.25. The first-order chi connectivity index (χ1) is 8.84. The van der Waals surface area contributed by atoms with E-state index in [1.807, 2.05) is 0 Å². The molecule has 0 aromatic heterocycles. The molecule has 0 spiro atoms. The van der Waals surface area contributed by atoms with Crippen molar-refractivity contribution in [2.45, 2.75) is 43.6 Å². The van der Waals surface area contributed by atoms with Gasteiger partial charge in [-0.2, -0.15) is 0 Å². The lowest BCUT2D eigenvalue weighted by Gasteiger charge is -2.53. The average Bonchev–Trinajstić information content (AvgIpc) is 2.39. The molecule has 1 heterocycles. The zero-order valence-electron chi connectivity index (χ0n) is 11.0. The molecule has 2 fully saturated rings. The molecule has 0 bridgehead atoms. The van der Waals surface area contributed by atoms with Crippen LogP contribution in [0.3, 0.4) is 0 Å². The van der Waals surface area contributed by atoms with Gasteiger partial charge in [0.1, 0.15) is 0 Å². The van der Waals surface area contributed by atoms with Gasteiger partial charge in [0.2, 0.25) is 0 Å². The fourth-order valence-electron chi connectivity index (χ4n) is 3.59. The molecule has 1 saturated carbocycles. The summed E-state index contributed by atoms with van der Waals surface area (Å²) in [7, 11) is 0. The van der Waals surface area contributed by atoms with Crippen LogP contribution in [0.1, 0.15) is 43.6 Å². The van der Waals surface area contributed by atoms with Gasteiger partial charge in [0.05, 0.1) is 6.61 Å². The van der Waals surface area contributed by atoms with Crippen molar-refractivity contribution in [2.75, 3.05) is 19.7 Å². The van der Waals surface area contributed by atoms with Crippen LogP contribution < -0.4 is 0 Å². The third kappa shape index (κ3) is 2.08. The first kappa shape index (κ1) is 12.2. The smallest absolute Gasteiger partial charge is 0.0615 e. The monoisotopic (exact) mass is 245 g/mol. The van der Waals surface area contributed by atoms with Gasteiger partial charge in [-0.05, 0) is 18.4 Å². The molecule has 98 valence electrons. The van der Waals surface area contributed by atoms with Crippen molar-refractivity contribution in [2.24, 2.45) is 0 Å². The molecule has 1 aliphatic carbocycles. The number of rotatable bonds is 3. The Balaban J connectivity index is 1.64. The highest BCUT2D eigenvalue weighted by Gasteiger charge is 2.43. The van der Waals surface area contributed by atoms with E-state index < -0.39 is 0 Å². The molecule has 2 heteroatoms. The summed E-state index contributed by atoms with van der Waals surface area (Å²) < 4.78 is 0. The minimum absolute atomic E-state index is 0.115. The topological polar surface area (TPSA) is 23.5 Å². The molecule has 0 unspecified atom stereocenters. The maximum atomic E-state index is 9.79. The van der Waals surface area contributed by atoms with E-state index in [1.54, 1.807) is 0 Å². The van der Waals surface area contributed by atoms with Crippen molar-refractivity contribution < 1.29 is 5.11 Å². The normalized spacial score (nSPS) is 24.7. The summed E-state index contributed by atoms with van der Waals surface area (Å²) in [6.07, 6.45) is 6.29. The fraction of sp³-hybridized carbons (Fsp3) is 0.625. The second-order valence-electron chi connectivity index (χ2n) is 5.96. The minimum Gasteiger partial charge on any atom is -0.394 e. The number of hydrogen-bond acceptors (Lipinski definition) is 2. The van der Waals surface area contributed by atoms with E-state index in [0.717, 1.165) is 13.1 Å². The molecule has 1 N–H and O–H groups in total. The zero-order valence-corrected chi connectivity index (χ0v) is 11.0. The molecule has 0 radical (unpaired) electrons. The molecular weight excluding hydrogens is 222 g/mol.